The number of carbonyl (C=O) groups is 1. The zero-order valence-corrected chi connectivity index (χ0v) is 12.8. The number of aldehydes is 1. The van der Waals surface area contributed by atoms with E-state index in [0.29, 0.717) is 5.92 Å². The molecule has 1 fully saturated rings. The minimum Gasteiger partial charge on any atom is -0.298 e. The van der Waals surface area contributed by atoms with Crippen molar-refractivity contribution < 1.29 is 4.79 Å². The Balaban J connectivity index is 1.80. The Kier molecular flexibility index (Phi) is 6.29. The Morgan fingerprint density at radius 1 is 1.05 bits per heavy atom. The molecule has 0 N–H and O–H groups in total. The molecule has 0 heterocycles. The molecule has 0 atom stereocenters. The van der Waals surface area contributed by atoms with Gasteiger partial charge in [0.2, 0.25) is 0 Å². The van der Waals surface area contributed by atoms with Gasteiger partial charge in [0.15, 0.2) is 0 Å². The van der Waals surface area contributed by atoms with Crippen LogP contribution in [0.3, 0.4) is 0 Å². The summed E-state index contributed by atoms with van der Waals surface area (Å²) in [4.78, 5) is 11.1. The molecule has 0 aromatic heterocycles. The van der Waals surface area contributed by atoms with Crippen LogP contribution in [0.1, 0.15) is 86.6 Å². The molecular formula is C19H28O. The van der Waals surface area contributed by atoms with E-state index in [1.807, 2.05) is 12.1 Å². The van der Waals surface area contributed by atoms with Crippen molar-refractivity contribution in [3.63, 3.8) is 0 Å². The zero-order chi connectivity index (χ0) is 14.2. The Labute approximate surface area is 123 Å². The molecule has 0 unspecified atom stereocenters. The van der Waals surface area contributed by atoms with Crippen molar-refractivity contribution in [1.82, 2.24) is 0 Å². The van der Waals surface area contributed by atoms with Crippen LogP contribution in [-0.2, 0) is 0 Å². The maximum absolute atomic E-state index is 11.1. The second kappa shape index (κ2) is 8.24. The molecular weight excluding hydrogens is 244 g/mol. The van der Waals surface area contributed by atoms with Gasteiger partial charge in [-0.1, -0.05) is 63.3 Å². The molecule has 1 heteroatoms. The molecule has 20 heavy (non-hydrogen) atoms. The van der Waals surface area contributed by atoms with Gasteiger partial charge in [-0.05, 0) is 43.1 Å². The van der Waals surface area contributed by atoms with Crippen LogP contribution in [0, 0.1) is 5.92 Å². The number of hydrogen-bond acceptors (Lipinski definition) is 1. The summed E-state index contributed by atoms with van der Waals surface area (Å²) in [6.45, 7) is 2.27. The van der Waals surface area contributed by atoms with Crippen LogP contribution in [-0.4, -0.2) is 6.29 Å². The lowest BCUT2D eigenvalue weighted by Crippen LogP contribution is -2.14. The average molecular weight is 272 g/mol. The van der Waals surface area contributed by atoms with Crippen molar-refractivity contribution in [3.05, 3.63) is 35.4 Å². The average Bonchev–Trinajstić information content (AvgIpc) is 2.52. The summed E-state index contributed by atoms with van der Waals surface area (Å²) in [5.74, 6) is 1.55. The Hall–Kier alpha value is -1.11. The van der Waals surface area contributed by atoms with Gasteiger partial charge in [0, 0.05) is 5.56 Å². The van der Waals surface area contributed by atoms with Crippen molar-refractivity contribution in [1.29, 1.82) is 0 Å². The van der Waals surface area contributed by atoms with E-state index in [1.54, 1.807) is 0 Å². The topological polar surface area (TPSA) is 17.1 Å². The first-order valence-electron chi connectivity index (χ1n) is 8.39. The van der Waals surface area contributed by atoms with Crippen LogP contribution >= 0.6 is 0 Å². The fourth-order valence-corrected chi connectivity index (χ4v) is 3.61. The van der Waals surface area contributed by atoms with Gasteiger partial charge in [0.1, 0.15) is 6.29 Å². The van der Waals surface area contributed by atoms with Gasteiger partial charge in [0.05, 0.1) is 0 Å². The number of carbonyl (C=O) groups excluding carboxylic acids is 1. The molecule has 1 aliphatic rings. The van der Waals surface area contributed by atoms with Gasteiger partial charge in [0.25, 0.3) is 0 Å². The molecule has 1 nitrogen and oxygen atoms in total. The van der Waals surface area contributed by atoms with E-state index in [0.717, 1.165) is 17.8 Å². The largest absolute Gasteiger partial charge is 0.298 e. The van der Waals surface area contributed by atoms with E-state index >= 15 is 0 Å². The van der Waals surface area contributed by atoms with E-state index in [1.165, 1.54) is 63.4 Å². The first kappa shape index (κ1) is 15.3. The molecule has 1 aromatic carbocycles. The van der Waals surface area contributed by atoms with Gasteiger partial charge in [-0.25, -0.2) is 0 Å². The zero-order valence-electron chi connectivity index (χ0n) is 12.8. The maximum Gasteiger partial charge on any atom is 0.150 e. The summed E-state index contributed by atoms with van der Waals surface area (Å²) in [7, 11) is 0. The molecule has 1 aliphatic carbocycles. The van der Waals surface area contributed by atoms with Crippen LogP contribution in [0.15, 0.2) is 24.3 Å². The molecule has 0 aliphatic heterocycles. The van der Waals surface area contributed by atoms with Crippen LogP contribution in [0.25, 0.3) is 0 Å². The fraction of sp³-hybridized carbons (Fsp3) is 0.632. The Bertz CT molecular complexity index is 402. The Morgan fingerprint density at radius 3 is 2.50 bits per heavy atom. The molecule has 0 radical (unpaired) electrons. The molecule has 0 saturated heterocycles. The summed E-state index contributed by atoms with van der Waals surface area (Å²) < 4.78 is 0. The predicted octanol–water partition coefficient (Wildman–Crippen LogP) is 5.74. The lowest BCUT2D eigenvalue weighted by molar-refractivity contribution is 0.112. The summed E-state index contributed by atoms with van der Waals surface area (Å²) in [6.07, 6.45) is 13.2. The highest BCUT2D eigenvalue weighted by Gasteiger charge is 2.23. The summed E-state index contributed by atoms with van der Waals surface area (Å²) in [6, 6.07) is 8.14. The van der Waals surface area contributed by atoms with E-state index in [2.05, 4.69) is 19.1 Å². The van der Waals surface area contributed by atoms with Crippen LogP contribution in [0.2, 0.25) is 0 Å². The van der Waals surface area contributed by atoms with Crippen LogP contribution < -0.4 is 0 Å². The van der Waals surface area contributed by atoms with E-state index in [9.17, 15) is 4.79 Å². The van der Waals surface area contributed by atoms with Crippen molar-refractivity contribution in [2.75, 3.05) is 0 Å². The van der Waals surface area contributed by atoms with E-state index in [4.69, 9.17) is 0 Å². The third-order valence-corrected chi connectivity index (χ3v) is 4.88. The SMILES string of the molecule is CCCCCCC1CCC(c2ccccc2C=O)CC1. The van der Waals surface area contributed by atoms with Gasteiger partial charge in [-0.3, -0.25) is 4.79 Å². The number of unbranched alkanes of at least 4 members (excludes halogenated alkanes) is 3. The second-order valence-electron chi connectivity index (χ2n) is 6.31. The molecule has 2 rings (SSSR count). The minimum absolute atomic E-state index is 0.614. The van der Waals surface area contributed by atoms with Crippen LogP contribution in [0.5, 0.6) is 0 Å². The lowest BCUT2D eigenvalue weighted by Gasteiger charge is -2.29. The van der Waals surface area contributed by atoms with Gasteiger partial charge >= 0.3 is 0 Å². The minimum atomic E-state index is 0.614. The number of hydrogen-bond donors (Lipinski definition) is 0. The fourth-order valence-electron chi connectivity index (χ4n) is 3.61. The number of benzene rings is 1. The van der Waals surface area contributed by atoms with E-state index in [-0.39, 0.29) is 0 Å². The first-order chi connectivity index (χ1) is 9.85. The lowest BCUT2D eigenvalue weighted by atomic mass is 9.76. The summed E-state index contributed by atoms with van der Waals surface area (Å²) >= 11 is 0. The Morgan fingerprint density at radius 2 is 1.80 bits per heavy atom. The van der Waals surface area contributed by atoms with E-state index < -0.39 is 0 Å². The highest BCUT2D eigenvalue weighted by atomic mass is 16.1. The molecule has 0 spiro atoms. The van der Waals surface area contributed by atoms with Crippen molar-refractivity contribution >= 4 is 6.29 Å². The quantitative estimate of drug-likeness (QED) is 0.456. The highest BCUT2D eigenvalue weighted by molar-refractivity contribution is 5.77. The number of rotatable bonds is 7. The monoisotopic (exact) mass is 272 g/mol. The molecule has 110 valence electrons. The van der Waals surface area contributed by atoms with Crippen LogP contribution in [0.4, 0.5) is 0 Å². The normalized spacial score (nSPS) is 22.6. The third kappa shape index (κ3) is 4.19. The predicted molar refractivity (Wildman–Crippen MR) is 85.3 cm³/mol. The standard InChI is InChI=1S/C19H28O/c1-2-3-4-5-8-16-11-13-17(14-12-16)19-10-7-6-9-18(19)15-20/h6-7,9-10,15-17H,2-5,8,11-14H2,1H3. The highest BCUT2D eigenvalue weighted by Crippen LogP contribution is 2.38. The van der Waals surface area contributed by atoms with Gasteiger partial charge < -0.3 is 0 Å². The maximum atomic E-state index is 11.1. The van der Waals surface area contributed by atoms with Crippen molar-refractivity contribution in [3.8, 4) is 0 Å². The molecule has 1 saturated carbocycles. The van der Waals surface area contributed by atoms with Gasteiger partial charge in [-0.15, -0.1) is 0 Å². The molecule has 0 amide bonds. The smallest absolute Gasteiger partial charge is 0.150 e. The molecule has 0 bridgehead atoms. The second-order valence-corrected chi connectivity index (χ2v) is 6.31. The third-order valence-electron chi connectivity index (χ3n) is 4.88. The summed E-state index contributed by atoms with van der Waals surface area (Å²) in [5.41, 5.74) is 2.19. The van der Waals surface area contributed by atoms with Crippen molar-refractivity contribution in [2.24, 2.45) is 5.92 Å². The summed E-state index contributed by atoms with van der Waals surface area (Å²) in [5, 5.41) is 0. The van der Waals surface area contributed by atoms with Crippen molar-refractivity contribution in [2.45, 2.75) is 70.6 Å². The first-order valence-corrected chi connectivity index (χ1v) is 8.39. The van der Waals surface area contributed by atoms with Gasteiger partial charge in [-0.2, -0.15) is 0 Å². The molecule has 1 aromatic rings.